The first kappa shape index (κ1) is 10.8. The molecule has 4 heteroatoms. The second-order valence-electron chi connectivity index (χ2n) is 3.90. The number of carbonyl (C=O) groups is 1. The third kappa shape index (κ3) is 1.96. The molecule has 0 bridgehead atoms. The third-order valence-electron chi connectivity index (χ3n) is 2.76. The molecule has 3 rings (SSSR count). The molecule has 1 aliphatic heterocycles. The lowest BCUT2D eigenvalue weighted by Crippen LogP contribution is -2.18. The van der Waals surface area contributed by atoms with Gasteiger partial charge >= 0.3 is 0 Å². The van der Waals surface area contributed by atoms with Crippen molar-refractivity contribution in [1.82, 2.24) is 0 Å². The summed E-state index contributed by atoms with van der Waals surface area (Å²) in [6, 6.07) is 9.27. The monoisotopic (exact) mass is 264 g/mol. The molecule has 0 N–H and O–H groups in total. The van der Waals surface area contributed by atoms with E-state index in [1.165, 1.54) is 11.3 Å². The third-order valence-corrected chi connectivity index (χ3v) is 3.95. The molecular formula is C13H9ClO2S. The van der Waals surface area contributed by atoms with Crippen LogP contribution in [0, 0.1) is 0 Å². The Kier molecular flexibility index (Phi) is 2.65. The Morgan fingerprint density at radius 1 is 1.24 bits per heavy atom. The molecule has 1 atom stereocenters. The van der Waals surface area contributed by atoms with Crippen LogP contribution in [0.4, 0.5) is 0 Å². The summed E-state index contributed by atoms with van der Waals surface area (Å²) in [6.07, 6.45) is 0.205. The number of fused-ring (bicyclic) bond motifs is 1. The maximum absolute atomic E-state index is 11.9. The van der Waals surface area contributed by atoms with E-state index >= 15 is 0 Å². The maximum Gasteiger partial charge on any atom is 0.180 e. The number of ether oxygens (including phenoxy) is 1. The molecule has 86 valence electrons. The van der Waals surface area contributed by atoms with Gasteiger partial charge in [-0.05, 0) is 29.1 Å². The highest BCUT2D eigenvalue weighted by Crippen LogP contribution is 2.37. The summed E-state index contributed by atoms with van der Waals surface area (Å²) in [4.78, 5) is 12.6. The molecule has 0 radical (unpaired) electrons. The fraction of sp³-hybridized carbons (Fsp3) is 0.154. The average molecular weight is 265 g/mol. The number of carbonyl (C=O) groups excluding carboxylic acids is 1. The molecule has 0 spiro atoms. The lowest BCUT2D eigenvalue weighted by molar-refractivity contribution is 0.0858. The van der Waals surface area contributed by atoms with Gasteiger partial charge in [-0.2, -0.15) is 0 Å². The van der Waals surface area contributed by atoms with Gasteiger partial charge in [0.05, 0.1) is 6.42 Å². The molecule has 1 unspecified atom stereocenters. The van der Waals surface area contributed by atoms with Crippen molar-refractivity contribution in [2.75, 3.05) is 0 Å². The van der Waals surface area contributed by atoms with E-state index in [0.717, 1.165) is 10.4 Å². The van der Waals surface area contributed by atoms with E-state index in [9.17, 15) is 4.79 Å². The smallest absolute Gasteiger partial charge is 0.180 e. The molecule has 0 amide bonds. The topological polar surface area (TPSA) is 26.3 Å². The van der Waals surface area contributed by atoms with Gasteiger partial charge in [0.15, 0.2) is 5.78 Å². The number of hydrogen-bond acceptors (Lipinski definition) is 3. The molecule has 0 fully saturated rings. The SMILES string of the molecule is O=C1CC(c2ccc(Cl)cc2)Oc2ccsc21. The molecule has 1 aliphatic rings. The zero-order chi connectivity index (χ0) is 11.8. The Balaban J connectivity index is 1.93. The maximum atomic E-state index is 11.9. The number of ketones is 1. The number of benzene rings is 1. The molecule has 2 aromatic rings. The quantitative estimate of drug-likeness (QED) is 0.775. The predicted octanol–water partition coefficient (Wildman–Crippen LogP) is 4.11. The van der Waals surface area contributed by atoms with Crippen LogP contribution in [0.15, 0.2) is 35.7 Å². The minimum Gasteiger partial charge on any atom is -0.484 e. The minimum atomic E-state index is -0.193. The number of hydrogen-bond donors (Lipinski definition) is 0. The van der Waals surface area contributed by atoms with E-state index in [0.29, 0.717) is 17.2 Å². The van der Waals surface area contributed by atoms with Crippen LogP contribution in [-0.2, 0) is 0 Å². The van der Waals surface area contributed by atoms with E-state index in [2.05, 4.69) is 0 Å². The van der Waals surface area contributed by atoms with Gasteiger partial charge in [0.25, 0.3) is 0 Å². The number of Topliss-reactive ketones (excluding diaryl/α,β-unsaturated/α-hetero) is 1. The van der Waals surface area contributed by atoms with Crippen molar-refractivity contribution >= 4 is 28.7 Å². The van der Waals surface area contributed by atoms with E-state index < -0.39 is 0 Å². The highest BCUT2D eigenvalue weighted by molar-refractivity contribution is 7.12. The van der Waals surface area contributed by atoms with Gasteiger partial charge in [0.2, 0.25) is 0 Å². The minimum absolute atomic E-state index is 0.154. The summed E-state index contributed by atoms with van der Waals surface area (Å²) in [5.41, 5.74) is 0.986. The van der Waals surface area contributed by atoms with Crippen LogP contribution < -0.4 is 4.74 Å². The van der Waals surface area contributed by atoms with Crippen LogP contribution in [0.1, 0.15) is 27.8 Å². The summed E-state index contributed by atoms with van der Waals surface area (Å²) in [5.74, 6) is 0.854. The molecule has 2 heterocycles. The molecule has 1 aromatic carbocycles. The second-order valence-corrected chi connectivity index (χ2v) is 5.25. The highest BCUT2D eigenvalue weighted by atomic mass is 35.5. The first-order valence-electron chi connectivity index (χ1n) is 5.27. The lowest BCUT2D eigenvalue weighted by atomic mass is 10.0. The fourth-order valence-corrected chi connectivity index (χ4v) is 2.81. The van der Waals surface area contributed by atoms with Crippen LogP contribution in [0.5, 0.6) is 5.75 Å². The molecule has 1 aromatic heterocycles. The van der Waals surface area contributed by atoms with Crippen molar-refractivity contribution in [2.45, 2.75) is 12.5 Å². The summed E-state index contributed by atoms with van der Waals surface area (Å²) >= 11 is 7.27. The van der Waals surface area contributed by atoms with Crippen molar-refractivity contribution in [2.24, 2.45) is 0 Å². The average Bonchev–Trinajstić information content (AvgIpc) is 2.78. The number of halogens is 1. The first-order valence-corrected chi connectivity index (χ1v) is 6.52. The largest absolute Gasteiger partial charge is 0.484 e. The van der Waals surface area contributed by atoms with Crippen LogP contribution in [0.25, 0.3) is 0 Å². The van der Waals surface area contributed by atoms with Gasteiger partial charge in [0.1, 0.15) is 16.7 Å². The second kappa shape index (κ2) is 4.17. The summed E-state index contributed by atoms with van der Waals surface area (Å²) in [7, 11) is 0. The van der Waals surface area contributed by atoms with E-state index in [4.69, 9.17) is 16.3 Å². The first-order chi connectivity index (χ1) is 8.24. The normalized spacial score (nSPS) is 18.6. The number of thiophene rings is 1. The fourth-order valence-electron chi connectivity index (χ4n) is 1.91. The summed E-state index contributed by atoms with van der Waals surface area (Å²) in [5, 5.41) is 2.57. The van der Waals surface area contributed by atoms with Gasteiger partial charge in [-0.25, -0.2) is 0 Å². The molecular weight excluding hydrogens is 256 g/mol. The zero-order valence-electron chi connectivity index (χ0n) is 8.85. The van der Waals surface area contributed by atoms with Crippen LogP contribution in [0.2, 0.25) is 5.02 Å². The van der Waals surface area contributed by atoms with Crippen molar-refractivity contribution in [3.8, 4) is 5.75 Å². The van der Waals surface area contributed by atoms with Gasteiger partial charge in [0, 0.05) is 5.02 Å². The van der Waals surface area contributed by atoms with E-state index in [1.54, 1.807) is 0 Å². The van der Waals surface area contributed by atoms with Crippen molar-refractivity contribution < 1.29 is 9.53 Å². The van der Waals surface area contributed by atoms with Crippen molar-refractivity contribution in [1.29, 1.82) is 0 Å². The Morgan fingerprint density at radius 3 is 2.76 bits per heavy atom. The Labute approximate surface area is 108 Å². The Bertz CT molecular complexity index is 559. The summed E-state index contributed by atoms with van der Waals surface area (Å²) < 4.78 is 5.81. The van der Waals surface area contributed by atoms with Gasteiger partial charge in [-0.3, -0.25) is 4.79 Å². The molecule has 0 aliphatic carbocycles. The van der Waals surface area contributed by atoms with E-state index in [-0.39, 0.29) is 11.9 Å². The van der Waals surface area contributed by atoms with Gasteiger partial charge < -0.3 is 4.74 Å². The van der Waals surface area contributed by atoms with Crippen LogP contribution in [0.3, 0.4) is 0 Å². The Morgan fingerprint density at radius 2 is 2.00 bits per heavy atom. The van der Waals surface area contributed by atoms with Gasteiger partial charge in [-0.15, -0.1) is 11.3 Å². The lowest BCUT2D eigenvalue weighted by Gasteiger charge is -2.23. The zero-order valence-corrected chi connectivity index (χ0v) is 10.4. The van der Waals surface area contributed by atoms with E-state index in [1.807, 2.05) is 35.7 Å². The number of rotatable bonds is 1. The van der Waals surface area contributed by atoms with Crippen molar-refractivity contribution in [3.63, 3.8) is 0 Å². The van der Waals surface area contributed by atoms with Gasteiger partial charge in [-0.1, -0.05) is 23.7 Å². The highest BCUT2D eigenvalue weighted by Gasteiger charge is 2.28. The Hall–Kier alpha value is -1.32. The summed E-state index contributed by atoms with van der Waals surface area (Å²) in [6.45, 7) is 0. The molecule has 0 saturated carbocycles. The molecule has 17 heavy (non-hydrogen) atoms. The molecule has 2 nitrogen and oxygen atoms in total. The van der Waals surface area contributed by atoms with Crippen LogP contribution in [-0.4, -0.2) is 5.78 Å². The molecule has 0 saturated heterocycles. The standard InChI is InChI=1S/C13H9ClO2S/c14-9-3-1-8(2-4-9)12-7-10(15)13-11(16-12)5-6-17-13/h1-6,12H,7H2. The van der Waals surface area contributed by atoms with Crippen LogP contribution >= 0.6 is 22.9 Å². The predicted molar refractivity (Wildman–Crippen MR) is 68.1 cm³/mol. The van der Waals surface area contributed by atoms with Crippen molar-refractivity contribution in [3.05, 3.63) is 51.2 Å².